The lowest BCUT2D eigenvalue weighted by Crippen LogP contribution is -2.39. The van der Waals surface area contributed by atoms with Gasteiger partial charge >= 0.3 is 0 Å². The molecule has 2 fully saturated rings. The van der Waals surface area contributed by atoms with Gasteiger partial charge in [-0.3, -0.25) is 0 Å². The van der Waals surface area contributed by atoms with Crippen molar-refractivity contribution < 1.29 is 13.9 Å². The molecule has 2 saturated heterocycles. The quantitative estimate of drug-likeness (QED) is 0.919. The summed E-state index contributed by atoms with van der Waals surface area (Å²) in [4.78, 5) is 0. The molecule has 2 aliphatic rings. The SMILES string of the molecule is Fc1cccc(OC(C2CCOCC2)C2CCNC2)c1. The molecule has 0 amide bonds. The lowest BCUT2D eigenvalue weighted by atomic mass is 9.85. The minimum absolute atomic E-state index is 0.163. The van der Waals surface area contributed by atoms with E-state index in [2.05, 4.69) is 5.32 Å². The Morgan fingerprint density at radius 1 is 1.20 bits per heavy atom. The molecule has 2 heterocycles. The highest BCUT2D eigenvalue weighted by Gasteiger charge is 2.34. The molecule has 0 spiro atoms. The van der Waals surface area contributed by atoms with E-state index in [4.69, 9.17) is 9.47 Å². The van der Waals surface area contributed by atoms with Crippen molar-refractivity contribution in [2.45, 2.75) is 25.4 Å². The lowest BCUT2D eigenvalue weighted by Gasteiger charge is -2.34. The zero-order valence-corrected chi connectivity index (χ0v) is 11.7. The van der Waals surface area contributed by atoms with E-state index in [1.807, 2.05) is 6.07 Å². The molecule has 3 rings (SSSR count). The second kappa shape index (κ2) is 6.55. The van der Waals surface area contributed by atoms with Gasteiger partial charge in [-0.15, -0.1) is 0 Å². The van der Waals surface area contributed by atoms with Gasteiger partial charge in [-0.25, -0.2) is 4.39 Å². The zero-order valence-electron chi connectivity index (χ0n) is 11.7. The minimum Gasteiger partial charge on any atom is -0.490 e. The second-order valence-electron chi connectivity index (χ2n) is 5.74. The fraction of sp³-hybridized carbons (Fsp3) is 0.625. The molecule has 1 aromatic carbocycles. The predicted octanol–water partition coefficient (Wildman–Crippen LogP) is 2.61. The van der Waals surface area contributed by atoms with E-state index in [0.29, 0.717) is 17.6 Å². The Kier molecular flexibility index (Phi) is 4.53. The van der Waals surface area contributed by atoms with E-state index in [-0.39, 0.29) is 11.9 Å². The number of halogens is 1. The zero-order chi connectivity index (χ0) is 13.8. The molecule has 0 aromatic heterocycles. The molecule has 110 valence electrons. The van der Waals surface area contributed by atoms with Gasteiger partial charge in [0.15, 0.2) is 0 Å². The molecule has 0 radical (unpaired) electrons. The highest BCUT2D eigenvalue weighted by Crippen LogP contribution is 2.31. The molecule has 2 aliphatic heterocycles. The molecule has 0 aliphatic carbocycles. The summed E-state index contributed by atoms with van der Waals surface area (Å²) < 4.78 is 25.0. The Balaban J connectivity index is 1.73. The van der Waals surface area contributed by atoms with Crippen LogP contribution in [-0.4, -0.2) is 32.4 Å². The molecule has 4 heteroatoms. The first-order valence-corrected chi connectivity index (χ1v) is 7.53. The molecule has 1 aromatic rings. The molecule has 2 atom stereocenters. The number of rotatable bonds is 4. The van der Waals surface area contributed by atoms with Crippen molar-refractivity contribution in [1.29, 1.82) is 0 Å². The standard InChI is InChI=1S/C16H22FNO2/c17-14-2-1-3-15(10-14)20-16(13-4-7-18-11-13)12-5-8-19-9-6-12/h1-3,10,12-13,16,18H,4-9,11H2. The highest BCUT2D eigenvalue weighted by atomic mass is 19.1. The Bertz CT molecular complexity index is 428. The summed E-state index contributed by atoms with van der Waals surface area (Å²) >= 11 is 0. The van der Waals surface area contributed by atoms with Crippen molar-refractivity contribution in [1.82, 2.24) is 5.32 Å². The summed E-state index contributed by atoms with van der Waals surface area (Å²) in [5.74, 6) is 1.43. The predicted molar refractivity (Wildman–Crippen MR) is 75.3 cm³/mol. The van der Waals surface area contributed by atoms with Gasteiger partial charge < -0.3 is 14.8 Å². The van der Waals surface area contributed by atoms with Gasteiger partial charge in [0.25, 0.3) is 0 Å². The molecule has 0 saturated carbocycles. The third-order valence-electron chi connectivity index (χ3n) is 4.36. The van der Waals surface area contributed by atoms with Crippen LogP contribution in [0.5, 0.6) is 5.75 Å². The van der Waals surface area contributed by atoms with Crippen LogP contribution >= 0.6 is 0 Å². The van der Waals surface area contributed by atoms with E-state index >= 15 is 0 Å². The number of hydrogen-bond donors (Lipinski definition) is 1. The normalized spacial score (nSPS) is 25.6. The van der Waals surface area contributed by atoms with Gasteiger partial charge in [-0.05, 0) is 37.9 Å². The number of hydrogen-bond acceptors (Lipinski definition) is 3. The van der Waals surface area contributed by atoms with Gasteiger partial charge in [0.2, 0.25) is 0 Å². The maximum absolute atomic E-state index is 13.3. The van der Waals surface area contributed by atoms with Crippen LogP contribution in [0.3, 0.4) is 0 Å². The summed E-state index contributed by atoms with van der Waals surface area (Å²) in [6.07, 6.45) is 3.38. The van der Waals surface area contributed by atoms with E-state index in [9.17, 15) is 4.39 Å². The summed E-state index contributed by atoms with van der Waals surface area (Å²) in [7, 11) is 0. The first-order valence-electron chi connectivity index (χ1n) is 7.53. The average Bonchev–Trinajstić information content (AvgIpc) is 3.00. The van der Waals surface area contributed by atoms with Crippen molar-refractivity contribution in [3.63, 3.8) is 0 Å². The van der Waals surface area contributed by atoms with Crippen LogP contribution in [0.1, 0.15) is 19.3 Å². The van der Waals surface area contributed by atoms with Crippen LogP contribution < -0.4 is 10.1 Å². The molecule has 2 unspecified atom stereocenters. The van der Waals surface area contributed by atoms with Crippen LogP contribution in [0.4, 0.5) is 4.39 Å². The Morgan fingerprint density at radius 3 is 2.75 bits per heavy atom. The molecule has 0 bridgehead atoms. The van der Waals surface area contributed by atoms with E-state index in [0.717, 1.165) is 45.6 Å². The van der Waals surface area contributed by atoms with Gasteiger partial charge in [-0.1, -0.05) is 6.07 Å². The van der Waals surface area contributed by atoms with Crippen LogP contribution in [0.25, 0.3) is 0 Å². The Morgan fingerprint density at radius 2 is 2.05 bits per heavy atom. The lowest BCUT2D eigenvalue weighted by molar-refractivity contribution is -0.00144. The van der Waals surface area contributed by atoms with Gasteiger partial charge in [0, 0.05) is 37.7 Å². The second-order valence-corrected chi connectivity index (χ2v) is 5.74. The number of benzene rings is 1. The fourth-order valence-corrected chi connectivity index (χ4v) is 3.28. The summed E-state index contributed by atoms with van der Waals surface area (Å²) in [5.41, 5.74) is 0. The van der Waals surface area contributed by atoms with Crippen LogP contribution in [0, 0.1) is 17.7 Å². The van der Waals surface area contributed by atoms with Gasteiger partial charge in [-0.2, -0.15) is 0 Å². The molecular formula is C16H22FNO2. The largest absolute Gasteiger partial charge is 0.490 e. The Hall–Kier alpha value is -1.13. The first-order chi connectivity index (χ1) is 9.83. The van der Waals surface area contributed by atoms with Gasteiger partial charge in [0.1, 0.15) is 17.7 Å². The highest BCUT2D eigenvalue weighted by molar-refractivity contribution is 5.23. The monoisotopic (exact) mass is 279 g/mol. The third-order valence-corrected chi connectivity index (χ3v) is 4.36. The maximum atomic E-state index is 13.3. The van der Waals surface area contributed by atoms with Crippen molar-refractivity contribution in [3.8, 4) is 5.75 Å². The summed E-state index contributed by atoms with van der Waals surface area (Å²) in [6.45, 7) is 3.68. The fourth-order valence-electron chi connectivity index (χ4n) is 3.28. The van der Waals surface area contributed by atoms with Crippen LogP contribution in [0.15, 0.2) is 24.3 Å². The Labute approximate surface area is 119 Å². The average molecular weight is 279 g/mol. The smallest absolute Gasteiger partial charge is 0.126 e. The van der Waals surface area contributed by atoms with Crippen molar-refractivity contribution >= 4 is 0 Å². The molecule has 3 nitrogen and oxygen atoms in total. The van der Waals surface area contributed by atoms with E-state index in [1.54, 1.807) is 6.07 Å². The molecule has 1 N–H and O–H groups in total. The summed E-state index contributed by atoms with van der Waals surface area (Å²) in [6, 6.07) is 6.48. The molecular weight excluding hydrogens is 257 g/mol. The minimum atomic E-state index is -0.238. The van der Waals surface area contributed by atoms with Gasteiger partial charge in [0.05, 0.1) is 0 Å². The third kappa shape index (κ3) is 3.30. The summed E-state index contributed by atoms with van der Waals surface area (Å²) in [5, 5.41) is 3.40. The maximum Gasteiger partial charge on any atom is 0.126 e. The van der Waals surface area contributed by atoms with E-state index < -0.39 is 0 Å². The number of nitrogens with one attached hydrogen (secondary N) is 1. The topological polar surface area (TPSA) is 30.5 Å². The van der Waals surface area contributed by atoms with Crippen molar-refractivity contribution in [3.05, 3.63) is 30.1 Å². The molecule has 20 heavy (non-hydrogen) atoms. The van der Waals surface area contributed by atoms with Crippen LogP contribution in [0.2, 0.25) is 0 Å². The van der Waals surface area contributed by atoms with Crippen molar-refractivity contribution in [2.24, 2.45) is 11.8 Å². The van der Waals surface area contributed by atoms with E-state index in [1.165, 1.54) is 12.1 Å². The van der Waals surface area contributed by atoms with Crippen molar-refractivity contribution in [2.75, 3.05) is 26.3 Å². The van der Waals surface area contributed by atoms with Crippen LogP contribution in [-0.2, 0) is 4.74 Å². The number of ether oxygens (including phenoxy) is 2. The first kappa shape index (κ1) is 13.8.